The van der Waals surface area contributed by atoms with Crippen molar-refractivity contribution in [1.29, 1.82) is 0 Å². The van der Waals surface area contributed by atoms with Crippen molar-refractivity contribution < 1.29 is 14.3 Å². The average molecular weight is 234 g/mol. The van der Waals surface area contributed by atoms with Crippen LogP contribution in [0.15, 0.2) is 24.3 Å². The molecule has 0 bridgehead atoms. The summed E-state index contributed by atoms with van der Waals surface area (Å²) in [6, 6.07) is 7.84. The normalized spacial score (nSPS) is 22.2. The number of Topliss-reactive ketones (excluding diaryl/α,β-unsaturated/α-hetero) is 1. The van der Waals surface area contributed by atoms with Crippen LogP contribution in [0.25, 0.3) is 0 Å². The third-order valence-corrected chi connectivity index (χ3v) is 3.20. The summed E-state index contributed by atoms with van der Waals surface area (Å²) in [5.41, 5.74) is 1.13. The zero-order chi connectivity index (χ0) is 12.3. The van der Waals surface area contributed by atoms with E-state index in [0.29, 0.717) is 24.9 Å². The van der Waals surface area contributed by atoms with Crippen LogP contribution in [0.3, 0.4) is 0 Å². The molecule has 92 valence electrons. The Morgan fingerprint density at radius 3 is 2.59 bits per heavy atom. The monoisotopic (exact) mass is 234 g/mol. The third-order valence-electron chi connectivity index (χ3n) is 3.20. The molecule has 1 saturated carbocycles. The van der Waals surface area contributed by atoms with Gasteiger partial charge in [0.25, 0.3) is 0 Å². The van der Waals surface area contributed by atoms with Gasteiger partial charge in [0.1, 0.15) is 11.5 Å². The fraction of sp³-hybridized carbons (Fsp3) is 0.500. The van der Waals surface area contributed by atoms with Crippen LogP contribution < -0.4 is 4.74 Å². The van der Waals surface area contributed by atoms with Crippen molar-refractivity contribution in [2.75, 3.05) is 13.7 Å². The molecule has 0 N–H and O–H groups in total. The number of ketones is 1. The van der Waals surface area contributed by atoms with Gasteiger partial charge in [0.05, 0.1) is 20.3 Å². The van der Waals surface area contributed by atoms with Crippen LogP contribution in [-0.4, -0.2) is 19.5 Å². The van der Waals surface area contributed by atoms with E-state index in [4.69, 9.17) is 9.47 Å². The second-order valence-electron chi connectivity index (χ2n) is 4.58. The first-order valence-corrected chi connectivity index (χ1v) is 5.92. The topological polar surface area (TPSA) is 35.5 Å². The predicted molar refractivity (Wildman–Crippen MR) is 64.9 cm³/mol. The lowest BCUT2D eigenvalue weighted by Gasteiger charge is -2.05. The highest BCUT2D eigenvalue weighted by molar-refractivity contribution is 5.81. The molecule has 3 heteroatoms. The van der Waals surface area contributed by atoms with E-state index < -0.39 is 0 Å². The van der Waals surface area contributed by atoms with Gasteiger partial charge in [-0.3, -0.25) is 4.79 Å². The van der Waals surface area contributed by atoms with Gasteiger partial charge in [-0.1, -0.05) is 12.1 Å². The van der Waals surface area contributed by atoms with Gasteiger partial charge in [-0.15, -0.1) is 0 Å². The van der Waals surface area contributed by atoms with E-state index in [9.17, 15) is 4.79 Å². The first-order valence-electron chi connectivity index (χ1n) is 5.92. The molecule has 1 fully saturated rings. The fourth-order valence-corrected chi connectivity index (χ4v) is 1.98. The summed E-state index contributed by atoms with van der Waals surface area (Å²) >= 11 is 0. The van der Waals surface area contributed by atoms with Crippen LogP contribution >= 0.6 is 0 Å². The zero-order valence-corrected chi connectivity index (χ0v) is 10.3. The Labute approximate surface area is 102 Å². The van der Waals surface area contributed by atoms with Crippen molar-refractivity contribution >= 4 is 5.78 Å². The summed E-state index contributed by atoms with van der Waals surface area (Å²) in [7, 11) is 1.65. The summed E-state index contributed by atoms with van der Waals surface area (Å²) in [6.07, 6.45) is 0.998. The second kappa shape index (κ2) is 5.32. The molecule has 1 aliphatic carbocycles. The highest BCUT2D eigenvalue weighted by Crippen LogP contribution is 2.39. The van der Waals surface area contributed by atoms with Crippen LogP contribution in [0.2, 0.25) is 0 Å². The van der Waals surface area contributed by atoms with Crippen molar-refractivity contribution in [2.24, 2.45) is 11.8 Å². The third kappa shape index (κ3) is 3.30. The molecule has 1 aromatic carbocycles. The van der Waals surface area contributed by atoms with Gasteiger partial charge in [0.15, 0.2) is 0 Å². The molecule has 1 aromatic rings. The first kappa shape index (κ1) is 12.1. The van der Waals surface area contributed by atoms with Gasteiger partial charge < -0.3 is 9.47 Å². The average Bonchev–Trinajstić information content (AvgIpc) is 3.10. The summed E-state index contributed by atoms with van der Waals surface area (Å²) in [4.78, 5) is 11.1. The largest absolute Gasteiger partial charge is 0.497 e. The number of benzene rings is 1. The summed E-state index contributed by atoms with van der Waals surface area (Å²) < 4.78 is 10.7. The molecule has 0 aliphatic heterocycles. The maximum absolute atomic E-state index is 11.1. The number of hydrogen-bond acceptors (Lipinski definition) is 3. The van der Waals surface area contributed by atoms with E-state index in [1.54, 1.807) is 14.0 Å². The molecule has 0 spiro atoms. The van der Waals surface area contributed by atoms with Gasteiger partial charge in [0, 0.05) is 5.92 Å². The van der Waals surface area contributed by atoms with Crippen LogP contribution in [0.4, 0.5) is 0 Å². The number of hydrogen-bond donors (Lipinski definition) is 0. The lowest BCUT2D eigenvalue weighted by Crippen LogP contribution is -2.02. The zero-order valence-electron chi connectivity index (χ0n) is 10.3. The van der Waals surface area contributed by atoms with Crippen molar-refractivity contribution in [2.45, 2.75) is 20.0 Å². The Bertz CT molecular complexity index is 383. The van der Waals surface area contributed by atoms with Crippen LogP contribution in [0.1, 0.15) is 18.9 Å². The molecular formula is C14H18O3. The smallest absolute Gasteiger partial charge is 0.133 e. The van der Waals surface area contributed by atoms with E-state index in [2.05, 4.69) is 0 Å². The quantitative estimate of drug-likeness (QED) is 0.758. The maximum Gasteiger partial charge on any atom is 0.133 e. The molecule has 0 saturated heterocycles. The van der Waals surface area contributed by atoms with Crippen LogP contribution in [0.5, 0.6) is 5.75 Å². The van der Waals surface area contributed by atoms with Crippen molar-refractivity contribution in [1.82, 2.24) is 0 Å². The molecule has 2 unspecified atom stereocenters. The van der Waals surface area contributed by atoms with Gasteiger partial charge >= 0.3 is 0 Å². The molecule has 17 heavy (non-hydrogen) atoms. The Balaban J connectivity index is 1.70. The summed E-state index contributed by atoms with van der Waals surface area (Å²) in [5, 5.41) is 0. The van der Waals surface area contributed by atoms with Gasteiger partial charge in [-0.2, -0.15) is 0 Å². The van der Waals surface area contributed by atoms with E-state index in [1.807, 2.05) is 24.3 Å². The standard InChI is InChI=1S/C14H18O3/c1-10(15)14-7-12(14)9-17-8-11-3-5-13(16-2)6-4-11/h3-6,12,14H,7-9H2,1-2H3. The van der Waals surface area contributed by atoms with Crippen LogP contribution in [0, 0.1) is 11.8 Å². The molecule has 3 nitrogen and oxygen atoms in total. The molecule has 2 atom stereocenters. The van der Waals surface area contributed by atoms with Gasteiger partial charge in [-0.05, 0) is 37.0 Å². The molecule has 1 aliphatic rings. The summed E-state index contributed by atoms with van der Waals surface area (Å²) in [5.74, 6) is 1.85. The van der Waals surface area contributed by atoms with Crippen LogP contribution in [-0.2, 0) is 16.1 Å². The predicted octanol–water partition coefficient (Wildman–Crippen LogP) is 2.44. The number of ether oxygens (including phenoxy) is 2. The van der Waals surface area contributed by atoms with Crippen molar-refractivity contribution in [3.05, 3.63) is 29.8 Å². The molecule has 0 heterocycles. The fourth-order valence-electron chi connectivity index (χ4n) is 1.98. The lowest BCUT2D eigenvalue weighted by atomic mass is 10.2. The van der Waals surface area contributed by atoms with E-state index in [-0.39, 0.29) is 5.92 Å². The van der Waals surface area contributed by atoms with E-state index >= 15 is 0 Å². The van der Waals surface area contributed by atoms with Gasteiger partial charge in [-0.25, -0.2) is 0 Å². The Kier molecular flexibility index (Phi) is 3.79. The van der Waals surface area contributed by atoms with E-state index in [0.717, 1.165) is 17.7 Å². The first-order chi connectivity index (χ1) is 8.20. The highest BCUT2D eigenvalue weighted by Gasteiger charge is 2.40. The molecule has 0 aromatic heterocycles. The minimum absolute atomic E-state index is 0.255. The Morgan fingerprint density at radius 2 is 2.06 bits per heavy atom. The Morgan fingerprint density at radius 1 is 1.35 bits per heavy atom. The minimum Gasteiger partial charge on any atom is -0.497 e. The number of carbonyl (C=O) groups is 1. The molecule has 0 radical (unpaired) electrons. The molecule has 2 rings (SSSR count). The highest BCUT2D eigenvalue weighted by atomic mass is 16.5. The Hall–Kier alpha value is -1.35. The van der Waals surface area contributed by atoms with Gasteiger partial charge in [0.2, 0.25) is 0 Å². The molecular weight excluding hydrogens is 216 g/mol. The molecule has 0 amide bonds. The number of methoxy groups -OCH3 is 1. The van der Waals surface area contributed by atoms with Crippen molar-refractivity contribution in [3.8, 4) is 5.75 Å². The van der Waals surface area contributed by atoms with E-state index in [1.165, 1.54) is 0 Å². The minimum atomic E-state index is 0.255. The summed E-state index contributed by atoms with van der Waals surface area (Å²) in [6.45, 7) is 2.95. The van der Waals surface area contributed by atoms with Crippen molar-refractivity contribution in [3.63, 3.8) is 0 Å². The lowest BCUT2D eigenvalue weighted by molar-refractivity contribution is -0.118. The SMILES string of the molecule is COc1ccc(COCC2CC2C(C)=O)cc1. The second-order valence-corrected chi connectivity index (χ2v) is 4.58. The maximum atomic E-state index is 11.1. The number of carbonyl (C=O) groups excluding carboxylic acids is 1. The number of rotatable bonds is 6.